The lowest BCUT2D eigenvalue weighted by molar-refractivity contribution is 0.0954. The third kappa shape index (κ3) is 5.74. The molecular weight excluding hydrogens is 460 g/mol. The molecular formula is C25H25ClN2O4S. The fourth-order valence-corrected chi connectivity index (χ4v) is 5.13. The Morgan fingerprint density at radius 1 is 1.09 bits per heavy atom. The molecule has 0 saturated carbocycles. The van der Waals surface area contributed by atoms with Crippen molar-refractivity contribution in [3.05, 3.63) is 102 Å². The molecule has 0 aliphatic heterocycles. The Morgan fingerprint density at radius 2 is 1.82 bits per heavy atom. The van der Waals surface area contributed by atoms with Crippen molar-refractivity contribution in [1.29, 1.82) is 0 Å². The van der Waals surface area contributed by atoms with E-state index in [-0.39, 0.29) is 22.9 Å². The Bertz CT molecular complexity index is 1240. The summed E-state index contributed by atoms with van der Waals surface area (Å²) >= 11 is 6.25. The SMILES string of the molecule is C=CCN(c1ccccc1Cl)S(=O)(=O)c1cccc(C(=O)NCCc2ccccc2OC)c1. The highest BCUT2D eigenvalue weighted by molar-refractivity contribution is 7.92. The molecule has 0 heterocycles. The topological polar surface area (TPSA) is 75.7 Å². The van der Waals surface area contributed by atoms with Crippen LogP contribution in [0.2, 0.25) is 5.02 Å². The van der Waals surface area contributed by atoms with Gasteiger partial charge in [-0.05, 0) is 48.4 Å². The number of methoxy groups -OCH3 is 1. The van der Waals surface area contributed by atoms with Gasteiger partial charge in [0.05, 0.1) is 29.3 Å². The van der Waals surface area contributed by atoms with Gasteiger partial charge in [-0.3, -0.25) is 9.10 Å². The molecule has 0 saturated heterocycles. The first-order valence-corrected chi connectivity index (χ1v) is 12.1. The van der Waals surface area contributed by atoms with Gasteiger partial charge in [-0.2, -0.15) is 0 Å². The van der Waals surface area contributed by atoms with E-state index >= 15 is 0 Å². The van der Waals surface area contributed by atoms with Crippen molar-refractivity contribution in [3.63, 3.8) is 0 Å². The zero-order chi connectivity index (χ0) is 23.8. The molecule has 1 amide bonds. The molecule has 0 fully saturated rings. The molecule has 6 nitrogen and oxygen atoms in total. The number of rotatable bonds is 10. The van der Waals surface area contributed by atoms with Crippen molar-refractivity contribution in [2.24, 2.45) is 0 Å². The standard InChI is InChI=1S/C25H25ClN2O4S/c1-3-17-28(23-13-6-5-12-22(23)26)33(30,31)21-11-8-10-20(18-21)25(29)27-16-15-19-9-4-7-14-24(19)32-2/h3-14,18H,1,15-17H2,2H3,(H,27,29). The Kier molecular flexibility index (Phi) is 8.14. The monoisotopic (exact) mass is 484 g/mol. The maximum absolute atomic E-state index is 13.4. The Balaban J connectivity index is 1.79. The highest BCUT2D eigenvalue weighted by Gasteiger charge is 2.26. The molecule has 3 rings (SSSR count). The van der Waals surface area contributed by atoms with Gasteiger partial charge in [-0.25, -0.2) is 8.42 Å². The van der Waals surface area contributed by atoms with Gasteiger partial charge < -0.3 is 10.1 Å². The molecule has 0 aliphatic carbocycles. The molecule has 0 spiro atoms. The van der Waals surface area contributed by atoms with E-state index in [0.29, 0.717) is 23.7 Å². The normalized spacial score (nSPS) is 11.0. The lowest BCUT2D eigenvalue weighted by atomic mass is 10.1. The summed E-state index contributed by atoms with van der Waals surface area (Å²) in [6.07, 6.45) is 2.06. The van der Waals surface area contributed by atoms with E-state index in [1.165, 1.54) is 22.5 Å². The van der Waals surface area contributed by atoms with Crippen molar-refractivity contribution in [2.45, 2.75) is 11.3 Å². The minimum absolute atomic E-state index is 0.0124. The lowest BCUT2D eigenvalue weighted by Gasteiger charge is -2.24. The molecule has 8 heteroatoms. The summed E-state index contributed by atoms with van der Waals surface area (Å²) in [5, 5.41) is 3.13. The summed E-state index contributed by atoms with van der Waals surface area (Å²) in [6.45, 7) is 4.06. The van der Waals surface area contributed by atoms with Crippen LogP contribution in [0.15, 0.2) is 90.3 Å². The Labute approximate surface area is 199 Å². The Morgan fingerprint density at radius 3 is 2.55 bits per heavy atom. The highest BCUT2D eigenvalue weighted by Crippen LogP contribution is 2.30. The van der Waals surface area contributed by atoms with E-state index in [1.807, 2.05) is 24.3 Å². The van der Waals surface area contributed by atoms with E-state index in [4.69, 9.17) is 16.3 Å². The maximum Gasteiger partial charge on any atom is 0.264 e. The lowest BCUT2D eigenvalue weighted by Crippen LogP contribution is -2.32. The van der Waals surface area contributed by atoms with Crippen LogP contribution >= 0.6 is 11.6 Å². The number of ether oxygens (including phenoxy) is 1. The number of hydrogen-bond acceptors (Lipinski definition) is 4. The second-order valence-corrected chi connectivity index (χ2v) is 9.39. The van der Waals surface area contributed by atoms with E-state index < -0.39 is 10.0 Å². The average molecular weight is 485 g/mol. The highest BCUT2D eigenvalue weighted by atomic mass is 35.5. The summed E-state index contributed by atoms with van der Waals surface area (Å²) in [5.41, 5.74) is 1.55. The number of carbonyl (C=O) groups is 1. The minimum Gasteiger partial charge on any atom is -0.496 e. The van der Waals surface area contributed by atoms with Crippen LogP contribution < -0.4 is 14.4 Å². The molecule has 0 aliphatic rings. The Hall–Kier alpha value is -3.29. The van der Waals surface area contributed by atoms with Gasteiger partial charge in [0.25, 0.3) is 15.9 Å². The van der Waals surface area contributed by atoms with Gasteiger partial charge in [0.15, 0.2) is 0 Å². The fourth-order valence-electron chi connectivity index (χ4n) is 3.34. The van der Waals surface area contributed by atoms with Crippen LogP contribution in [0.25, 0.3) is 0 Å². The number of halogens is 1. The van der Waals surface area contributed by atoms with Crippen molar-refractivity contribution in [3.8, 4) is 5.75 Å². The molecule has 172 valence electrons. The number of nitrogens with zero attached hydrogens (tertiary/aromatic N) is 1. The van der Waals surface area contributed by atoms with E-state index in [1.54, 1.807) is 43.5 Å². The number of amides is 1. The van der Waals surface area contributed by atoms with Crippen LogP contribution in [0, 0.1) is 0 Å². The second-order valence-electron chi connectivity index (χ2n) is 7.12. The first kappa shape index (κ1) is 24.4. The van der Waals surface area contributed by atoms with Crippen LogP contribution in [0.4, 0.5) is 5.69 Å². The van der Waals surface area contributed by atoms with Crippen LogP contribution in [0.1, 0.15) is 15.9 Å². The average Bonchev–Trinajstić information content (AvgIpc) is 2.83. The van der Waals surface area contributed by atoms with Crippen molar-refractivity contribution < 1.29 is 17.9 Å². The number of benzene rings is 3. The fraction of sp³-hybridized carbons (Fsp3) is 0.160. The predicted octanol–water partition coefficient (Wildman–Crippen LogP) is 4.70. The van der Waals surface area contributed by atoms with Gasteiger partial charge >= 0.3 is 0 Å². The third-order valence-corrected chi connectivity index (χ3v) is 7.07. The first-order chi connectivity index (χ1) is 15.9. The molecule has 3 aromatic carbocycles. The molecule has 33 heavy (non-hydrogen) atoms. The smallest absolute Gasteiger partial charge is 0.264 e. The number of sulfonamides is 1. The summed E-state index contributed by atoms with van der Waals surface area (Å²) in [5.74, 6) is 0.386. The quantitative estimate of drug-likeness (QED) is 0.423. The second kappa shape index (κ2) is 11.0. The van der Waals surface area contributed by atoms with Gasteiger partial charge in [-0.1, -0.05) is 54.1 Å². The first-order valence-electron chi connectivity index (χ1n) is 10.3. The van der Waals surface area contributed by atoms with Crippen LogP contribution in [0.5, 0.6) is 5.75 Å². The number of hydrogen-bond donors (Lipinski definition) is 1. The maximum atomic E-state index is 13.4. The summed E-state index contributed by atoms with van der Waals surface area (Å²) in [4.78, 5) is 12.7. The van der Waals surface area contributed by atoms with Gasteiger partial charge in [0.1, 0.15) is 5.75 Å². The van der Waals surface area contributed by atoms with Gasteiger partial charge in [0, 0.05) is 12.1 Å². The zero-order valence-corrected chi connectivity index (χ0v) is 19.8. The van der Waals surface area contributed by atoms with Crippen molar-refractivity contribution in [2.75, 3.05) is 24.5 Å². The van der Waals surface area contributed by atoms with Crippen molar-refractivity contribution in [1.82, 2.24) is 5.32 Å². The van der Waals surface area contributed by atoms with E-state index in [0.717, 1.165) is 11.3 Å². The summed E-state index contributed by atoms with van der Waals surface area (Å²) in [6, 6.07) is 20.2. The minimum atomic E-state index is -3.99. The van der Waals surface area contributed by atoms with Crippen LogP contribution in [-0.2, 0) is 16.4 Å². The third-order valence-electron chi connectivity index (χ3n) is 4.97. The van der Waals surface area contributed by atoms with Crippen LogP contribution in [0.3, 0.4) is 0 Å². The number of nitrogens with one attached hydrogen (secondary N) is 1. The van der Waals surface area contributed by atoms with Crippen molar-refractivity contribution >= 4 is 33.2 Å². The van der Waals surface area contributed by atoms with Gasteiger partial charge in [0.2, 0.25) is 0 Å². The molecule has 1 N–H and O–H groups in total. The number of para-hydroxylation sites is 2. The summed E-state index contributed by atoms with van der Waals surface area (Å²) < 4.78 is 33.3. The summed E-state index contributed by atoms with van der Waals surface area (Å²) in [7, 11) is -2.39. The zero-order valence-electron chi connectivity index (χ0n) is 18.2. The molecule has 0 unspecified atom stereocenters. The van der Waals surface area contributed by atoms with E-state index in [9.17, 15) is 13.2 Å². The molecule has 3 aromatic rings. The number of carbonyl (C=O) groups excluding carboxylic acids is 1. The van der Waals surface area contributed by atoms with Crippen LogP contribution in [-0.4, -0.2) is 34.5 Å². The molecule has 0 bridgehead atoms. The largest absolute Gasteiger partial charge is 0.496 e. The molecule has 0 radical (unpaired) electrons. The van der Waals surface area contributed by atoms with Gasteiger partial charge in [-0.15, -0.1) is 6.58 Å². The predicted molar refractivity (Wildman–Crippen MR) is 132 cm³/mol. The molecule has 0 aromatic heterocycles. The van der Waals surface area contributed by atoms with E-state index in [2.05, 4.69) is 11.9 Å². The molecule has 0 atom stereocenters. The number of anilines is 1.